The number of carbonyl (C=O) groups is 1. The molecule has 0 fully saturated rings. The van der Waals surface area contributed by atoms with Crippen molar-refractivity contribution < 1.29 is 18.3 Å². The molecule has 0 radical (unpaired) electrons. The zero-order valence-electron chi connectivity index (χ0n) is 16.6. The summed E-state index contributed by atoms with van der Waals surface area (Å²) < 4.78 is 34.9. The van der Waals surface area contributed by atoms with Gasteiger partial charge in [-0.3, -0.25) is 4.79 Å². The van der Waals surface area contributed by atoms with E-state index in [1.54, 1.807) is 31.2 Å². The number of nitrogens with zero attached hydrogens (tertiary/aromatic N) is 2. The van der Waals surface area contributed by atoms with Gasteiger partial charge in [-0.15, -0.1) is 0 Å². The average molecular weight is 399 g/mol. The molecule has 152 valence electrons. The zero-order valence-corrected chi connectivity index (χ0v) is 16.6. The van der Waals surface area contributed by atoms with Crippen LogP contribution in [0.5, 0.6) is 11.6 Å². The molecule has 0 aliphatic rings. The van der Waals surface area contributed by atoms with Gasteiger partial charge in [-0.1, -0.05) is 12.1 Å². The number of amides is 1. The highest BCUT2D eigenvalue weighted by Crippen LogP contribution is 2.32. The number of benzene rings is 2. The maximum absolute atomic E-state index is 14.2. The molecule has 29 heavy (non-hydrogen) atoms. The quantitative estimate of drug-likeness (QED) is 0.626. The van der Waals surface area contributed by atoms with Crippen molar-refractivity contribution >= 4 is 5.91 Å². The minimum absolute atomic E-state index is 0.0414. The van der Waals surface area contributed by atoms with Crippen molar-refractivity contribution in [2.75, 3.05) is 0 Å². The van der Waals surface area contributed by atoms with Crippen molar-refractivity contribution in [3.63, 3.8) is 0 Å². The number of aryl methyl sites for hydroxylation is 1. The van der Waals surface area contributed by atoms with Gasteiger partial charge in [0.15, 0.2) is 11.6 Å². The van der Waals surface area contributed by atoms with Crippen LogP contribution in [-0.4, -0.2) is 21.7 Å². The minimum Gasteiger partial charge on any atom is -0.436 e. The van der Waals surface area contributed by atoms with Crippen LogP contribution in [0.1, 0.15) is 31.5 Å². The van der Waals surface area contributed by atoms with E-state index in [0.29, 0.717) is 29.2 Å². The standard InChI is InChI=1S/C22H23F2N3O2/c1-14(2)25-21(28)13-12-18-15(3)26-27(17-10-8-16(23)9-11-17)22(18)29-20-7-5-4-6-19(20)24/h4-11,14H,12-13H2,1-3H3,(H,25,28). The third-order valence-electron chi connectivity index (χ3n) is 4.30. The SMILES string of the molecule is Cc1nn(-c2ccc(F)cc2)c(Oc2ccccc2F)c1CCC(=O)NC(C)C. The normalized spacial score (nSPS) is 11.0. The Labute approximate surface area is 168 Å². The summed E-state index contributed by atoms with van der Waals surface area (Å²) in [6, 6.07) is 11.8. The number of rotatable bonds is 7. The van der Waals surface area contributed by atoms with Crippen molar-refractivity contribution in [3.8, 4) is 17.3 Å². The lowest BCUT2D eigenvalue weighted by molar-refractivity contribution is -0.121. The molecule has 0 aliphatic carbocycles. The first-order chi connectivity index (χ1) is 13.8. The van der Waals surface area contributed by atoms with Crippen LogP contribution in [0.15, 0.2) is 48.5 Å². The van der Waals surface area contributed by atoms with Gasteiger partial charge >= 0.3 is 0 Å². The summed E-state index contributed by atoms with van der Waals surface area (Å²) in [5, 5.41) is 7.34. The minimum atomic E-state index is -0.513. The zero-order chi connectivity index (χ0) is 21.0. The predicted octanol–water partition coefficient (Wildman–Crippen LogP) is 4.71. The molecule has 0 saturated heterocycles. The second kappa shape index (κ2) is 8.86. The number of ether oxygens (including phenoxy) is 1. The van der Waals surface area contributed by atoms with E-state index in [1.165, 1.54) is 28.9 Å². The lowest BCUT2D eigenvalue weighted by Gasteiger charge is -2.12. The fourth-order valence-corrected chi connectivity index (χ4v) is 2.95. The lowest BCUT2D eigenvalue weighted by Crippen LogP contribution is -2.30. The first-order valence-electron chi connectivity index (χ1n) is 9.41. The first-order valence-corrected chi connectivity index (χ1v) is 9.41. The average Bonchev–Trinajstić information content (AvgIpc) is 2.97. The fraction of sp³-hybridized carbons (Fsp3) is 0.273. The summed E-state index contributed by atoms with van der Waals surface area (Å²) in [6.07, 6.45) is 0.608. The molecule has 1 aromatic heterocycles. The number of carbonyl (C=O) groups excluding carboxylic acids is 1. The summed E-state index contributed by atoms with van der Waals surface area (Å²) in [4.78, 5) is 12.1. The maximum Gasteiger partial charge on any atom is 0.226 e. The van der Waals surface area contributed by atoms with Crippen LogP contribution in [0.3, 0.4) is 0 Å². The summed E-state index contributed by atoms with van der Waals surface area (Å²) in [6.45, 7) is 5.58. The molecule has 0 bridgehead atoms. The predicted molar refractivity (Wildman–Crippen MR) is 106 cm³/mol. The van der Waals surface area contributed by atoms with Crippen LogP contribution >= 0.6 is 0 Å². The number of aromatic nitrogens is 2. The molecule has 5 nitrogen and oxygen atoms in total. The molecule has 3 rings (SSSR count). The number of para-hydroxylation sites is 1. The molecular weight excluding hydrogens is 376 g/mol. The smallest absolute Gasteiger partial charge is 0.226 e. The van der Waals surface area contributed by atoms with Gasteiger partial charge in [0.1, 0.15) is 5.82 Å². The Hall–Kier alpha value is -3.22. The number of hydrogen-bond donors (Lipinski definition) is 1. The van der Waals surface area contributed by atoms with E-state index in [1.807, 2.05) is 13.8 Å². The Balaban J connectivity index is 1.99. The molecule has 2 aromatic carbocycles. The molecule has 0 unspecified atom stereocenters. The van der Waals surface area contributed by atoms with Crippen LogP contribution in [-0.2, 0) is 11.2 Å². The van der Waals surface area contributed by atoms with Crippen molar-refractivity contribution in [1.29, 1.82) is 0 Å². The van der Waals surface area contributed by atoms with Crippen LogP contribution in [0.4, 0.5) is 8.78 Å². The topological polar surface area (TPSA) is 56.2 Å². The van der Waals surface area contributed by atoms with Gasteiger partial charge in [-0.2, -0.15) is 5.10 Å². The van der Waals surface area contributed by atoms with E-state index in [9.17, 15) is 13.6 Å². The third-order valence-corrected chi connectivity index (χ3v) is 4.30. The van der Waals surface area contributed by atoms with E-state index >= 15 is 0 Å². The van der Waals surface area contributed by atoms with E-state index < -0.39 is 5.82 Å². The van der Waals surface area contributed by atoms with Gasteiger partial charge in [0, 0.05) is 18.0 Å². The Kier molecular flexibility index (Phi) is 6.26. The van der Waals surface area contributed by atoms with E-state index in [4.69, 9.17) is 4.74 Å². The van der Waals surface area contributed by atoms with Crippen molar-refractivity contribution in [2.45, 2.75) is 39.7 Å². The second-order valence-corrected chi connectivity index (χ2v) is 7.01. The molecule has 3 aromatic rings. The van der Waals surface area contributed by atoms with E-state index in [-0.39, 0.29) is 29.9 Å². The van der Waals surface area contributed by atoms with E-state index in [2.05, 4.69) is 10.4 Å². The van der Waals surface area contributed by atoms with Crippen molar-refractivity contribution in [2.24, 2.45) is 0 Å². The largest absolute Gasteiger partial charge is 0.436 e. The van der Waals surface area contributed by atoms with Gasteiger partial charge in [-0.25, -0.2) is 13.5 Å². The molecule has 0 atom stereocenters. The summed E-state index contributed by atoms with van der Waals surface area (Å²) in [5.41, 5.74) is 1.91. The van der Waals surface area contributed by atoms with Gasteiger partial charge in [0.2, 0.25) is 11.8 Å². The molecule has 0 aliphatic heterocycles. The summed E-state index contributed by atoms with van der Waals surface area (Å²) >= 11 is 0. The Morgan fingerprint density at radius 1 is 1.14 bits per heavy atom. The molecule has 0 saturated carbocycles. The Bertz CT molecular complexity index is 998. The summed E-state index contributed by atoms with van der Waals surface area (Å²) in [7, 11) is 0. The molecule has 7 heteroatoms. The van der Waals surface area contributed by atoms with E-state index in [0.717, 1.165) is 0 Å². The molecule has 1 heterocycles. The van der Waals surface area contributed by atoms with Crippen molar-refractivity contribution in [3.05, 3.63) is 71.4 Å². The highest BCUT2D eigenvalue weighted by Gasteiger charge is 2.21. The van der Waals surface area contributed by atoms with Crippen LogP contribution in [0.25, 0.3) is 5.69 Å². The fourth-order valence-electron chi connectivity index (χ4n) is 2.95. The van der Waals surface area contributed by atoms with Gasteiger partial charge in [0.05, 0.1) is 11.4 Å². The monoisotopic (exact) mass is 399 g/mol. The lowest BCUT2D eigenvalue weighted by atomic mass is 10.1. The van der Waals surface area contributed by atoms with Crippen molar-refractivity contribution in [1.82, 2.24) is 15.1 Å². The van der Waals surface area contributed by atoms with Crippen LogP contribution in [0.2, 0.25) is 0 Å². The van der Waals surface area contributed by atoms with Gasteiger partial charge in [-0.05, 0) is 63.6 Å². The number of hydrogen-bond acceptors (Lipinski definition) is 3. The van der Waals surface area contributed by atoms with Crippen LogP contribution in [0, 0.1) is 18.6 Å². The third kappa shape index (κ3) is 4.99. The first kappa shape index (κ1) is 20.5. The maximum atomic E-state index is 14.2. The Morgan fingerprint density at radius 3 is 2.48 bits per heavy atom. The molecule has 0 spiro atoms. The van der Waals surface area contributed by atoms with Gasteiger partial charge < -0.3 is 10.1 Å². The number of halogens is 2. The number of nitrogens with one attached hydrogen (secondary N) is 1. The molecular formula is C22H23F2N3O2. The van der Waals surface area contributed by atoms with Gasteiger partial charge in [0.25, 0.3) is 0 Å². The molecule has 1 amide bonds. The second-order valence-electron chi connectivity index (χ2n) is 7.01. The highest BCUT2D eigenvalue weighted by atomic mass is 19.1. The molecule has 1 N–H and O–H groups in total. The summed E-state index contributed by atoms with van der Waals surface area (Å²) in [5.74, 6) is -0.633. The van der Waals surface area contributed by atoms with Crippen LogP contribution < -0.4 is 10.1 Å². The highest BCUT2D eigenvalue weighted by molar-refractivity contribution is 5.76. The Morgan fingerprint density at radius 2 is 1.83 bits per heavy atom.